The fourth-order valence-electron chi connectivity index (χ4n) is 2.44. The van der Waals surface area contributed by atoms with Gasteiger partial charge in [0, 0.05) is 12.4 Å². The highest BCUT2D eigenvalue weighted by Crippen LogP contribution is 2.26. The van der Waals surface area contributed by atoms with Gasteiger partial charge in [-0.3, -0.25) is 9.98 Å². The molecule has 1 aromatic heterocycles. The lowest BCUT2D eigenvalue weighted by atomic mass is 9.98. The van der Waals surface area contributed by atoms with E-state index >= 15 is 0 Å². The molecule has 0 aliphatic rings. The fourth-order valence-corrected chi connectivity index (χ4v) is 2.44. The summed E-state index contributed by atoms with van der Waals surface area (Å²) >= 11 is 0. The first kappa shape index (κ1) is 14.2. The largest absolute Gasteiger partial charge is 0.278 e. The summed E-state index contributed by atoms with van der Waals surface area (Å²) in [5.74, 6) is 0. The molecular weight excluding hydrogens is 268 g/mol. The van der Waals surface area contributed by atoms with Gasteiger partial charge in [-0.05, 0) is 30.2 Å². The summed E-state index contributed by atoms with van der Waals surface area (Å²) in [7, 11) is 0. The van der Waals surface area contributed by atoms with Crippen LogP contribution in [0.2, 0.25) is 0 Å². The van der Waals surface area contributed by atoms with Crippen LogP contribution in [0.1, 0.15) is 28.4 Å². The first-order valence-corrected chi connectivity index (χ1v) is 7.38. The Morgan fingerprint density at radius 2 is 1.64 bits per heavy atom. The molecule has 2 aromatic carbocycles. The minimum atomic E-state index is -0.0110. The third kappa shape index (κ3) is 3.47. The standard InChI is InChI=1S/C20H18N2/c1-16-8-7-11-18(14-16)20(17-9-3-2-4-10-17)22-15-19-12-5-6-13-21-19/h2-15,20H,1H3. The number of pyridine rings is 1. The molecule has 0 amide bonds. The molecule has 0 spiro atoms. The first-order chi connectivity index (χ1) is 10.8. The Morgan fingerprint density at radius 3 is 2.36 bits per heavy atom. The lowest BCUT2D eigenvalue weighted by Gasteiger charge is -2.14. The maximum atomic E-state index is 4.79. The van der Waals surface area contributed by atoms with Gasteiger partial charge in [-0.1, -0.05) is 66.2 Å². The predicted molar refractivity (Wildman–Crippen MR) is 91.3 cm³/mol. The first-order valence-electron chi connectivity index (χ1n) is 7.38. The van der Waals surface area contributed by atoms with Crippen LogP contribution >= 0.6 is 0 Å². The van der Waals surface area contributed by atoms with Crippen LogP contribution in [0.5, 0.6) is 0 Å². The van der Waals surface area contributed by atoms with Crippen molar-refractivity contribution in [2.24, 2.45) is 4.99 Å². The molecule has 3 rings (SSSR count). The molecule has 1 atom stereocenters. The van der Waals surface area contributed by atoms with Crippen LogP contribution in [0.25, 0.3) is 0 Å². The van der Waals surface area contributed by atoms with E-state index in [1.807, 2.05) is 30.5 Å². The zero-order valence-electron chi connectivity index (χ0n) is 12.6. The van der Waals surface area contributed by atoms with E-state index in [9.17, 15) is 0 Å². The second-order valence-corrected chi connectivity index (χ2v) is 5.26. The quantitative estimate of drug-likeness (QED) is 0.643. The predicted octanol–water partition coefficient (Wildman–Crippen LogP) is 4.60. The molecule has 22 heavy (non-hydrogen) atoms. The fraction of sp³-hybridized carbons (Fsp3) is 0.100. The third-order valence-electron chi connectivity index (χ3n) is 3.52. The molecule has 1 heterocycles. The summed E-state index contributed by atoms with van der Waals surface area (Å²) in [6.07, 6.45) is 3.63. The van der Waals surface area contributed by atoms with Crippen molar-refractivity contribution in [1.82, 2.24) is 4.98 Å². The van der Waals surface area contributed by atoms with E-state index in [2.05, 4.69) is 60.4 Å². The molecule has 108 valence electrons. The van der Waals surface area contributed by atoms with Crippen molar-refractivity contribution in [2.75, 3.05) is 0 Å². The number of aliphatic imine (C=N–C) groups is 1. The van der Waals surface area contributed by atoms with Crippen LogP contribution in [0.3, 0.4) is 0 Å². The van der Waals surface area contributed by atoms with Crippen molar-refractivity contribution < 1.29 is 0 Å². The van der Waals surface area contributed by atoms with E-state index in [4.69, 9.17) is 4.99 Å². The molecule has 0 fully saturated rings. The molecule has 3 aromatic rings. The third-order valence-corrected chi connectivity index (χ3v) is 3.52. The maximum Gasteiger partial charge on any atom is 0.1000 e. The van der Waals surface area contributed by atoms with Crippen LogP contribution in [-0.2, 0) is 0 Å². The van der Waals surface area contributed by atoms with Gasteiger partial charge in [0.2, 0.25) is 0 Å². The second kappa shape index (κ2) is 6.81. The zero-order valence-corrected chi connectivity index (χ0v) is 12.6. The number of nitrogens with zero attached hydrogens (tertiary/aromatic N) is 2. The average Bonchev–Trinajstić information content (AvgIpc) is 2.57. The number of rotatable bonds is 4. The van der Waals surface area contributed by atoms with E-state index in [0.717, 1.165) is 5.69 Å². The monoisotopic (exact) mass is 286 g/mol. The Labute approximate surface area is 131 Å². The van der Waals surface area contributed by atoms with Crippen molar-refractivity contribution in [1.29, 1.82) is 0 Å². The van der Waals surface area contributed by atoms with Crippen LogP contribution < -0.4 is 0 Å². The molecule has 2 nitrogen and oxygen atoms in total. The van der Waals surface area contributed by atoms with E-state index in [-0.39, 0.29) is 6.04 Å². The molecule has 0 N–H and O–H groups in total. The molecule has 0 aliphatic heterocycles. The molecule has 0 aliphatic carbocycles. The van der Waals surface area contributed by atoms with Gasteiger partial charge in [0.25, 0.3) is 0 Å². The van der Waals surface area contributed by atoms with Gasteiger partial charge < -0.3 is 0 Å². The highest BCUT2D eigenvalue weighted by atomic mass is 14.8. The molecular formula is C20H18N2. The Kier molecular flexibility index (Phi) is 4.40. The van der Waals surface area contributed by atoms with Crippen molar-refractivity contribution in [2.45, 2.75) is 13.0 Å². The van der Waals surface area contributed by atoms with Crippen molar-refractivity contribution >= 4 is 6.21 Å². The normalized spacial score (nSPS) is 12.4. The lowest BCUT2D eigenvalue weighted by molar-refractivity contribution is 0.875. The van der Waals surface area contributed by atoms with Crippen LogP contribution in [0, 0.1) is 6.92 Å². The van der Waals surface area contributed by atoms with Gasteiger partial charge in [0.15, 0.2) is 0 Å². The molecule has 0 bridgehead atoms. The summed E-state index contributed by atoms with van der Waals surface area (Å²) < 4.78 is 0. The topological polar surface area (TPSA) is 25.2 Å². The smallest absolute Gasteiger partial charge is 0.1000 e. The Bertz CT molecular complexity index is 749. The van der Waals surface area contributed by atoms with Gasteiger partial charge in [-0.15, -0.1) is 0 Å². The number of hydrogen-bond acceptors (Lipinski definition) is 2. The van der Waals surface area contributed by atoms with Crippen molar-refractivity contribution in [3.63, 3.8) is 0 Å². The Hall–Kier alpha value is -2.74. The van der Waals surface area contributed by atoms with Crippen molar-refractivity contribution in [3.8, 4) is 0 Å². The number of aromatic nitrogens is 1. The number of benzene rings is 2. The molecule has 0 radical (unpaired) electrons. The Balaban J connectivity index is 1.98. The summed E-state index contributed by atoms with van der Waals surface area (Å²) in [5.41, 5.74) is 4.49. The summed E-state index contributed by atoms with van der Waals surface area (Å²) in [6, 6.07) is 24.7. The maximum absolute atomic E-state index is 4.79. The zero-order chi connectivity index (χ0) is 15.2. The van der Waals surface area contributed by atoms with Gasteiger partial charge in [-0.2, -0.15) is 0 Å². The van der Waals surface area contributed by atoms with E-state index < -0.39 is 0 Å². The summed E-state index contributed by atoms with van der Waals surface area (Å²) in [5, 5.41) is 0. The molecule has 0 saturated carbocycles. The molecule has 2 heteroatoms. The van der Waals surface area contributed by atoms with Crippen LogP contribution in [0.15, 0.2) is 84.0 Å². The van der Waals surface area contributed by atoms with E-state index in [1.54, 1.807) is 6.20 Å². The van der Waals surface area contributed by atoms with Gasteiger partial charge in [0.05, 0.1) is 11.7 Å². The molecule has 1 unspecified atom stereocenters. The number of hydrogen-bond donors (Lipinski definition) is 0. The van der Waals surface area contributed by atoms with Crippen LogP contribution in [0.4, 0.5) is 0 Å². The second-order valence-electron chi connectivity index (χ2n) is 5.26. The SMILES string of the molecule is Cc1cccc(C(N=Cc2ccccn2)c2ccccc2)c1. The summed E-state index contributed by atoms with van der Waals surface area (Å²) in [4.78, 5) is 9.09. The van der Waals surface area contributed by atoms with Gasteiger partial charge >= 0.3 is 0 Å². The van der Waals surface area contributed by atoms with Crippen LogP contribution in [-0.4, -0.2) is 11.2 Å². The highest BCUT2D eigenvalue weighted by Gasteiger charge is 2.11. The lowest BCUT2D eigenvalue weighted by Crippen LogP contribution is -2.00. The van der Waals surface area contributed by atoms with Gasteiger partial charge in [-0.25, -0.2) is 0 Å². The minimum absolute atomic E-state index is 0.0110. The molecule has 0 saturated heterocycles. The highest BCUT2D eigenvalue weighted by molar-refractivity contribution is 5.77. The van der Waals surface area contributed by atoms with Crippen molar-refractivity contribution in [3.05, 3.63) is 101 Å². The summed E-state index contributed by atoms with van der Waals surface area (Å²) in [6.45, 7) is 2.11. The van der Waals surface area contributed by atoms with E-state index in [0.29, 0.717) is 0 Å². The number of aryl methyl sites for hydroxylation is 1. The van der Waals surface area contributed by atoms with E-state index in [1.165, 1.54) is 16.7 Å². The average molecular weight is 286 g/mol. The minimum Gasteiger partial charge on any atom is -0.278 e. The van der Waals surface area contributed by atoms with Gasteiger partial charge in [0.1, 0.15) is 0 Å². The Morgan fingerprint density at radius 1 is 0.864 bits per heavy atom.